The van der Waals surface area contributed by atoms with E-state index in [2.05, 4.69) is 42.2 Å². The van der Waals surface area contributed by atoms with Gasteiger partial charge < -0.3 is 15.5 Å². The number of nitrogens with two attached hydrogens (primary N) is 1. The van der Waals surface area contributed by atoms with Crippen LogP contribution in [0.3, 0.4) is 0 Å². The molecule has 5 heteroatoms. The lowest BCUT2D eigenvalue weighted by Crippen LogP contribution is -2.08. The van der Waals surface area contributed by atoms with Gasteiger partial charge in [0.25, 0.3) is 5.56 Å². The molecule has 4 rings (SSSR count). The number of H-pyrrole nitrogens is 1. The molecular formula is C23H24N2O2S. The van der Waals surface area contributed by atoms with Crippen molar-refractivity contribution in [2.24, 2.45) is 5.73 Å². The number of fused-ring (bicyclic) bond motifs is 3. The number of aromatic amines is 1. The van der Waals surface area contributed by atoms with Crippen LogP contribution in [0.4, 0.5) is 0 Å². The topological polar surface area (TPSA) is 68.1 Å². The zero-order valence-electron chi connectivity index (χ0n) is 16.6. The van der Waals surface area contributed by atoms with Crippen LogP contribution in [-0.2, 0) is 0 Å². The van der Waals surface area contributed by atoms with Gasteiger partial charge in [0, 0.05) is 21.2 Å². The Hall–Kier alpha value is -2.63. The van der Waals surface area contributed by atoms with Gasteiger partial charge in [0.2, 0.25) is 0 Å². The smallest absolute Gasteiger partial charge is 0.266 e. The van der Waals surface area contributed by atoms with E-state index in [1.165, 1.54) is 16.9 Å². The van der Waals surface area contributed by atoms with Crippen LogP contribution in [-0.4, -0.2) is 18.6 Å². The van der Waals surface area contributed by atoms with Gasteiger partial charge in [0.15, 0.2) is 0 Å². The maximum absolute atomic E-state index is 12.6. The molecule has 144 valence electrons. The van der Waals surface area contributed by atoms with E-state index < -0.39 is 0 Å². The molecule has 0 saturated heterocycles. The quantitative estimate of drug-likeness (QED) is 0.508. The van der Waals surface area contributed by atoms with E-state index in [0.717, 1.165) is 48.3 Å². The van der Waals surface area contributed by atoms with E-state index in [9.17, 15) is 4.79 Å². The second-order valence-corrected chi connectivity index (χ2v) is 8.59. The molecule has 2 aromatic heterocycles. The second kappa shape index (κ2) is 7.08. The van der Waals surface area contributed by atoms with Gasteiger partial charge in [-0.1, -0.05) is 31.2 Å². The molecule has 0 bridgehead atoms. The summed E-state index contributed by atoms with van der Waals surface area (Å²) in [5.41, 5.74) is 10.9. The van der Waals surface area contributed by atoms with E-state index in [4.69, 9.17) is 10.5 Å². The molecule has 0 amide bonds. The maximum Gasteiger partial charge on any atom is 0.266 e. The van der Waals surface area contributed by atoms with Crippen LogP contribution < -0.4 is 16.0 Å². The molecule has 28 heavy (non-hydrogen) atoms. The molecule has 2 heterocycles. The number of nitrogens with one attached hydrogen (secondary N) is 1. The third kappa shape index (κ3) is 2.91. The van der Waals surface area contributed by atoms with Gasteiger partial charge in [-0.05, 0) is 55.1 Å². The molecule has 0 saturated carbocycles. The van der Waals surface area contributed by atoms with Crippen molar-refractivity contribution < 1.29 is 4.74 Å². The van der Waals surface area contributed by atoms with Crippen molar-refractivity contribution in [3.63, 3.8) is 0 Å². The molecule has 0 radical (unpaired) electrons. The number of aryl methyl sites for hydroxylation is 2. The van der Waals surface area contributed by atoms with E-state index in [0.29, 0.717) is 12.5 Å². The molecule has 2 aromatic carbocycles. The summed E-state index contributed by atoms with van der Waals surface area (Å²) in [5.74, 6) is 1.12. The molecule has 3 N–H and O–H groups in total. The Labute approximate surface area is 168 Å². The van der Waals surface area contributed by atoms with Gasteiger partial charge in [-0.3, -0.25) is 4.79 Å². The van der Waals surface area contributed by atoms with Crippen LogP contribution in [0.5, 0.6) is 5.75 Å². The number of hydrogen-bond donors (Lipinski definition) is 2. The van der Waals surface area contributed by atoms with Crippen molar-refractivity contribution in [3.8, 4) is 16.9 Å². The summed E-state index contributed by atoms with van der Waals surface area (Å²) in [5, 5.41) is 2.02. The standard InChI is InChI=1S/C23H24N2O2S/c1-12-9-18(27-4)19(16-7-5-15(6-8-16)13(2)11-24)20-17-10-14(3)28-22(17)23(26)25-21(12)20/h5-10,13H,11,24H2,1-4H3,(H,25,26). The summed E-state index contributed by atoms with van der Waals surface area (Å²) in [6.45, 7) is 6.78. The molecule has 0 aliphatic rings. The fourth-order valence-electron chi connectivity index (χ4n) is 3.82. The van der Waals surface area contributed by atoms with Crippen molar-refractivity contribution in [1.82, 2.24) is 4.98 Å². The van der Waals surface area contributed by atoms with Crippen LogP contribution in [0.15, 0.2) is 41.2 Å². The highest BCUT2D eigenvalue weighted by Gasteiger charge is 2.19. The van der Waals surface area contributed by atoms with E-state index in [-0.39, 0.29) is 5.56 Å². The van der Waals surface area contributed by atoms with Crippen molar-refractivity contribution in [3.05, 3.63) is 62.8 Å². The number of ether oxygens (including phenoxy) is 1. The normalized spacial score (nSPS) is 12.6. The summed E-state index contributed by atoms with van der Waals surface area (Å²) in [7, 11) is 1.69. The molecule has 0 aliphatic carbocycles. The molecule has 1 atom stereocenters. The predicted molar refractivity (Wildman–Crippen MR) is 119 cm³/mol. The number of aromatic nitrogens is 1. The Morgan fingerprint density at radius 1 is 1.18 bits per heavy atom. The average Bonchev–Trinajstić information content (AvgIpc) is 3.10. The minimum absolute atomic E-state index is 0.0352. The molecule has 4 nitrogen and oxygen atoms in total. The van der Waals surface area contributed by atoms with E-state index in [1.54, 1.807) is 7.11 Å². The minimum Gasteiger partial charge on any atom is -0.496 e. The summed E-state index contributed by atoms with van der Waals surface area (Å²) in [6.07, 6.45) is 0. The van der Waals surface area contributed by atoms with E-state index in [1.807, 2.05) is 19.9 Å². The van der Waals surface area contributed by atoms with Crippen LogP contribution >= 0.6 is 11.3 Å². The largest absolute Gasteiger partial charge is 0.496 e. The fraction of sp³-hybridized carbons (Fsp3) is 0.261. The maximum atomic E-state index is 12.6. The summed E-state index contributed by atoms with van der Waals surface area (Å²) in [4.78, 5) is 16.8. The summed E-state index contributed by atoms with van der Waals surface area (Å²) >= 11 is 1.53. The molecule has 0 fully saturated rings. The molecule has 0 spiro atoms. The van der Waals surface area contributed by atoms with Crippen LogP contribution in [0, 0.1) is 13.8 Å². The molecule has 0 aliphatic heterocycles. The zero-order valence-corrected chi connectivity index (χ0v) is 17.4. The number of hydrogen-bond acceptors (Lipinski definition) is 4. The third-order valence-electron chi connectivity index (χ3n) is 5.40. The summed E-state index contributed by atoms with van der Waals surface area (Å²) < 4.78 is 6.52. The predicted octanol–water partition coefficient (Wildman–Crippen LogP) is 5.10. The first-order chi connectivity index (χ1) is 13.4. The average molecular weight is 393 g/mol. The lowest BCUT2D eigenvalue weighted by molar-refractivity contribution is 0.416. The monoisotopic (exact) mass is 392 g/mol. The Balaban J connectivity index is 2.11. The first-order valence-corrected chi connectivity index (χ1v) is 10.2. The number of pyridine rings is 1. The SMILES string of the molecule is COc1cc(C)c2[nH]c(=O)c3sc(C)cc3c2c1-c1ccc(C(C)CN)cc1. The minimum atomic E-state index is -0.0352. The van der Waals surface area contributed by atoms with Gasteiger partial charge in [-0.15, -0.1) is 11.3 Å². The fourth-order valence-corrected chi connectivity index (χ4v) is 4.73. The van der Waals surface area contributed by atoms with Gasteiger partial charge in [0.05, 0.1) is 12.6 Å². The number of benzene rings is 2. The van der Waals surface area contributed by atoms with Crippen molar-refractivity contribution >= 4 is 32.3 Å². The van der Waals surface area contributed by atoms with Gasteiger partial charge >= 0.3 is 0 Å². The Morgan fingerprint density at radius 3 is 2.54 bits per heavy atom. The number of rotatable bonds is 4. The van der Waals surface area contributed by atoms with Crippen molar-refractivity contribution in [1.29, 1.82) is 0 Å². The molecule has 1 unspecified atom stereocenters. The highest BCUT2D eigenvalue weighted by Crippen LogP contribution is 2.42. The Kier molecular flexibility index (Phi) is 4.73. The zero-order chi connectivity index (χ0) is 20.0. The second-order valence-electron chi connectivity index (χ2n) is 7.33. The highest BCUT2D eigenvalue weighted by atomic mass is 32.1. The van der Waals surface area contributed by atoms with Gasteiger partial charge in [-0.25, -0.2) is 0 Å². The van der Waals surface area contributed by atoms with Gasteiger partial charge in [0.1, 0.15) is 10.4 Å². The van der Waals surface area contributed by atoms with Crippen LogP contribution in [0.1, 0.15) is 28.8 Å². The first-order valence-electron chi connectivity index (χ1n) is 9.38. The lowest BCUT2D eigenvalue weighted by atomic mass is 9.93. The highest BCUT2D eigenvalue weighted by molar-refractivity contribution is 7.19. The van der Waals surface area contributed by atoms with Gasteiger partial charge in [-0.2, -0.15) is 0 Å². The van der Waals surface area contributed by atoms with Crippen LogP contribution in [0.2, 0.25) is 0 Å². The number of thiophene rings is 1. The Bertz CT molecular complexity index is 1240. The van der Waals surface area contributed by atoms with Crippen molar-refractivity contribution in [2.45, 2.75) is 26.7 Å². The molecular weight excluding hydrogens is 368 g/mol. The van der Waals surface area contributed by atoms with Crippen LogP contribution in [0.25, 0.3) is 32.1 Å². The lowest BCUT2D eigenvalue weighted by Gasteiger charge is -2.16. The van der Waals surface area contributed by atoms with Crippen molar-refractivity contribution in [2.75, 3.05) is 13.7 Å². The third-order valence-corrected chi connectivity index (χ3v) is 6.45. The molecule has 4 aromatic rings. The Morgan fingerprint density at radius 2 is 1.89 bits per heavy atom. The summed E-state index contributed by atoms with van der Waals surface area (Å²) in [6, 6.07) is 12.6. The first kappa shape index (κ1) is 18.7. The van der Waals surface area contributed by atoms with E-state index >= 15 is 0 Å². The number of methoxy groups -OCH3 is 1.